The maximum absolute atomic E-state index is 14.2. The summed E-state index contributed by atoms with van der Waals surface area (Å²) >= 11 is 0. The number of halogens is 4. The fourth-order valence-electron chi connectivity index (χ4n) is 4.92. The molecule has 0 amide bonds. The number of alkyl halides is 3. The van der Waals surface area contributed by atoms with E-state index in [1.165, 1.54) is 38.7 Å². The molecular weight excluding hydrogens is 344 g/mol. The van der Waals surface area contributed by atoms with Crippen molar-refractivity contribution in [2.24, 2.45) is 17.8 Å². The molecule has 2 fully saturated rings. The molecule has 0 atom stereocenters. The molecule has 0 N–H and O–H groups in total. The lowest BCUT2D eigenvalue weighted by atomic mass is 9.68. The lowest BCUT2D eigenvalue weighted by molar-refractivity contribution is -0.275. The quantitative estimate of drug-likeness (QED) is 0.513. The minimum atomic E-state index is -4.87. The Bertz CT molecular complexity index is 586. The van der Waals surface area contributed by atoms with E-state index in [1.807, 2.05) is 0 Å². The first-order valence-corrected chi connectivity index (χ1v) is 9.78. The van der Waals surface area contributed by atoms with Gasteiger partial charge in [0, 0.05) is 0 Å². The molecule has 26 heavy (non-hydrogen) atoms. The van der Waals surface area contributed by atoms with Crippen molar-refractivity contribution in [3.8, 4) is 5.75 Å². The third-order valence-corrected chi connectivity index (χ3v) is 6.44. The second-order valence-corrected chi connectivity index (χ2v) is 8.33. The number of rotatable bonds is 3. The van der Waals surface area contributed by atoms with E-state index in [4.69, 9.17) is 0 Å². The number of aryl methyl sites for hydroxylation is 1. The molecule has 0 saturated heterocycles. The van der Waals surface area contributed by atoms with E-state index >= 15 is 0 Å². The minimum Gasteiger partial charge on any atom is -0.402 e. The van der Waals surface area contributed by atoms with Gasteiger partial charge in [-0.1, -0.05) is 25.8 Å². The molecule has 0 unspecified atom stereocenters. The van der Waals surface area contributed by atoms with Crippen molar-refractivity contribution in [3.05, 3.63) is 29.1 Å². The Morgan fingerprint density at radius 1 is 0.885 bits per heavy atom. The third kappa shape index (κ3) is 4.72. The standard InChI is InChI=1S/C21H28F4O/c1-13-3-5-15(6-4-13)16-7-9-17(10-8-16)18-11-14(2)20(19(22)12-18)26-21(23,24)25/h11-13,15-17H,3-10H2,1-2H3. The van der Waals surface area contributed by atoms with Crippen LogP contribution < -0.4 is 4.74 Å². The highest BCUT2D eigenvalue weighted by Gasteiger charge is 2.34. The summed E-state index contributed by atoms with van der Waals surface area (Å²) in [6.07, 6.45) is 4.72. The summed E-state index contributed by atoms with van der Waals surface area (Å²) in [5.41, 5.74) is 1.02. The Morgan fingerprint density at radius 2 is 1.42 bits per heavy atom. The van der Waals surface area contributed by atoms with Crippen LogP contribution in [-0.4, -0.2) is 6.36 Å². The van der Waals surface area contributed by atoms with E-state index in [0.717, 1.165) is 49.0 Å². The number of ether oxygens (including phenoxy) is 1. The first-order chi connectivity index (χ1) is 12.2. The summed E-state index contributed by atoms with van der Waals surface area (Å²) in [5, 5.41) is 0. The topological polar surface area (TPSA) is 9.23 Å². The molecule has 146 valence electrons. The highest BCUT2D eigenvalue weighted by molar-refractivity contribution is 5.39. The van der Waals surface area contributed by atoms with Crippen LogP contribution in [0.3, 0.4) is 0 Å². The Morgan fingerprint density at radius 3 is 1.92 bits per heavy atom. The highest BCUT2D eigenvalue weighted by Crippen LogP contribution is 2.44. The van der Waals surface area contributed by atoms with Gasteiger partial charge < -0.3 is 4.74 Å². The second-order valence-electron chi connectivity index (χ2n) is 8.33. The second kappa shape index (κ2) is 7.77. The van der Waals surface area contributed by atoms with Crippen molar-refractivity contribution >= 4 is 0 Å². The zero-order valence-corrected chi connectivity index (χ0v) is 15.5. The normalized spacial score (nSPS) is 30.2. The van der Waals surface area contributed by atoms with Gasteiger partial charge in [-0.2, -0.15) is 0 Å². The molecule has 2 saturated carbocycles. The summed E-state index contributed by atoms with van der Waals surface area (Å²) < 4.78 is 55.2. The van der Waals surface area contributed by atoms with Crippen LogP contribution >= 0.6 is 0 Å². The van der Waals surface area contributed by atoms with Crippen LogP contribution in [0.15, 0.2) is 12.1 Å². The van der Waals surface area contributed by atoms with E-state index in [-0.39, 0.29) is 11.5 Å². The molecule has 0 spiro atoms. The number of hydrogen-bond acceptors (Lipinski definition) is 1. The predicted molar refractivity (Wildman–Crippen MR) is 93.6 cm³/mol. The Kier molecular flexibility index (Phi) is 5.83. The third-order valence-electron chi connectivity index (χ3n) is 6.44. The van der Waals surface area contributed by atoms with Gasteiger partial charge in [-0.15, -0.1) is 13.2 Å². The first kappa shape index (κ1) is 19.5. The van der Waals surface area contributed by atoms with Crippen LogP contribution in [0, 0.1) is 30.5 Å². The number of benzene rings is 1. The van der Waals surface area contributed by atoms with Gasteiger partial charge in [-0.3, -0.25) is 0 Å². The van der Waals surface area contributed by atoms with Gasteiger partial charge in [-0.25, -0.2) is 4.39 Å². The average Bonchev–Trinajstić information content (AvgIpc) is 2.58. The Balaban J connectivity index is 1.62. The van der Waals surface area contributed by atoms with Gasteiger partial charge in [0.2, 0.25) is 0 Å². The molecule has 2 aliphatic carbocycles. The first-order valence-electron chi connectivity index (χ1n) is 9.78. The van der Waals surface area contributed by atoms with E-state index in [1.54, 1.807) is 6.07 Å². The lowest BCUT2D eigenvalue weighted by Crippen LogP contribution is -2.25. The fourth-order valence-corrected chi connectivity index (χ4v) is 4.92. The molecule has 1 nitrogen and oxygen atoms in total. The monoisotopic (exact) mass is 372 g/mol. The van der Waals surface area contributed by atoms with E-state index < -0.39 is 17.9 Å². The van der Waals surface area contributed by atoms with E-state index in [0.29, 0.717) is 0 Å². The summed E-state index contributed by atoms with van der Waals surface area (Å²) in [6, 6.07) is 2.90. The molecule has 0 aromatic heterocycles. The smallest absolute Gasteiger partial charge is 0.402 e. The van der Waals surface area contributed by atoms with Crippen molar-refractivity contribution in [1.82, 2.24) is 0 Å². The predicted octanol–water partition coefficient (Wildman–Crippen LogP) is 7.13. The molecule has 1 aromatic carbocycles. The molecule has 0 bridgehead atoms. The van der Waals surface area contributed by atoms with Crippen molar-refractivity contribution in [3.63, 3.8) is 0 Å². The summed E-state index contributed by atoms with van der Waals surface area (Å²) in [5.74, 6) is 1.06. The van der Waals surface area contributed by atoms with Crippen LogP contribution in [0.5, 0.6) is 5.75 Å². The summed E-state index contributed by atoms with van der Waals surface area (Å²) in [4.78, 5) is 0. The zero-order valence-electron chi connectivity index (χ0n) is 15.5. The molecule has 2 aliphatic rings. The largest absolute Gasteiger partial charge is 0.573 e. The van der Waals surface area contributed by atoms with Crippen LogP contribution in [-0.2, 0) is 0 Å². The van der Waals surface area contributed by atoms with Gasteiger partial charge in [0.05, 0.1) is 0 Å². The maximum Gasteiger partial charge on any atom is 0.573 e. The van der Waals surface area contributed by atoms with Gasteiger partial charge in [-0.05, 0) is 86.3 Å². The Labute approximate surface area is 153 Å². The van der Waals surface area contributed by atoms with Crippen molar-refractivity contribution < 1.29 is 22.3 Å². The number of hydrogen-bond donors (Lipinski definition) is 0. The molecule has 5 heteroatoms. The van der Waals surface area contributed by atoms with Crippen LogP contribution in [0.2, 0.25) is 0 Å². The van der Waals surface area contributed by atoms with Gasteiger partial charge >= 0.3 is 6.36 Å². The SMILES string of the molecule is Cc1cc(C2CCC(C3CCC(C)CC3)CC2)cc(F)c1OC(F)(F)F. The van der Waals surface area contributed by atoms with E-state index in [9.17, 15) is 17.6 Å². The van der Waals surface area contributed by atoms with Crippen molar-refractivity contribution in [2.75, 3.05) is 0 Å². The molecule has 0 aliphatic heterocycles. The van der Waals surface area contributed by atoms with Crippen molar-refractivity contribution in [2.45, 2.75) is 77.5 Å². The van der Waals surface area contributed by atoms with Crippen LogP contribution in [0.25, 0.3) is 0 Å². The van der Waals surface area contributed by atoms with Crippen LogP contribution in [0.1, 0.15) is 75.3 Å². The van der Waals surface area contributed by atoms with Gasteiger partial charge in [0.15, 0.2) is 11.6 Å². The van der Waals surface area contributed by atoms with Gasteiger partial charge in [0.25, 0.3) is 0 Å². The fraction of sp³-hybridized carbons (Fsp3) is 0.714. The molecule has 0 radical (unpaired) electrons. The van der Waals surface area contributed by atoms with E-state index in [2.05, 4.69) is 11.7 Å². The lowest BCUT2D eigenvalue weighted by Gasteiger charge is -2.37. The van der Waals surface area contributed by atoms with Crippen molar-refractivity contribution in [1.29, 1.82) is 0 Å². The molecule has 3 rings (SSSR count). The minimum absolute atomic E-state index is 0.209. The average molecular weight is 372 g/mol. The van der Waals surface area contributed by atoms with Crippen LogP contribution in [0.4, 0.5) is 17.6 Å². The Hall–Kier alpha value is -1.26. The maximum atomic E-state index is 14.2. The molecule has 1 aromatic rings. The molecular formula is C21H28F4O. The summed E-state index contributed by atoms with van der Waals surface area (Å²) in [6.45, 7) is 3.80. The highest BCUT2D eigenvalue weighted by atomic mass is 19.4. The zero-order chi connectivity index (χ0) is 18.9. The molecule has 0 heterocycles. The van der Waals surface area contributed by atoms with Gasteiger partial charge in [0.1, 0.15) is 0 Å². The summed E-state index contributed by atoms with van der Waals surface area (Å²) in [7, 11) is 0.